The highest BCUT2D eigenvalue weighted by molar-refractivity contribution is 5.68. The molecule has 3 N–H and O–H groups in total. The summed E-state index contributed by atoms with van der Waals surface area (Å²) in [6.07, 6.45) is 0. The number of carboxylic acid groups (broad SMARTS) is 1. The lowest BCUT2D eigenvalue weighted by Gasteiger charge is -1.73. The SMILES string of the molecule is C=C=O.NCC(=O)O. The highest BCUT2D eigenvalue weighted by atomic mass is 16.4. The van der Waals surface area contributed by atoms with Crippen LogP contribution in [0.2, 0.25) is 0 Å². The minimum absolute atomic E-state index is 0.278. The summed E-state index contributed by atoms with van der Waals surface area (Å²) in [7, 11) is 0. The van der Waals surface area contributed by atoms with Crippen LogP contribution in [0, 0.1) is 0 Å². The van der Waals surface area contributed by atoms with Gasteiger partial charge < -0.3 is 10.8 Å². The Morgan fingerprint density at radius 1 is 1.88 bits per heavy atom. The summed E-state index contributed by atoms with van der Waals surface area (Å²) < 4.78 is 0. The molecule has 0 saturated heterocycles. The Kier molecular flexibility index (Phi) is 11.6. The molecular weight excluding hydrogens is 110 g/mol. The van der Waals surface area contributed by atoms with E-state index in [1.54, 1.807) is 0 Å². The molecule has 8 heavy (non-hydrogen) atoms. The molecule has 0 atom stereocenters. The molecule has 46 valence electrons. The maximum Gasteiger partial charge on any atom is 0.317 e. The van der Waals surface area contributed by atoms with Gasteiger partial charge in [0.2, 0.25) is 0 Å². The molecule has 0 fully saturated rings. The van der Waals surface area contributed by atoms with Crippen molar-refractivity contribution in [2.24, 2.45) is 5.73 Å². The van der Waals surface area contributed by atoms with Gasteiger partial charge in [-0.15, -0.1) is 0 Å². The smallest absolute Gasteiger partial charge is 0.317 e. The van der Waals surface area contributed by atoms with Crippen molar-refractivity contribution in [2.75, 3.05) is 6.54 Å². The molecule has 0 aromatic rings. The second-order valence-corrected chi connectivity index (χ2v) is 0.742. The first-order valence-electron chi connectivity index (χ1n) is 1.75. The largest absolute Gasteiger partial charge is 0.480 e. The fourth-order valence-electron chi connectivity index (χ4n) is 0. The van der Waals surface area contributed by atoms with Crippen molar-refractivity contribution < 1.29 is 14.7 Å². The summed E-state index contributed by atoms with van der Waals surface area (Å²) in [5.41, 5.74) is 4.57. The summed E-state index contributed by atoms with van der Waals surface area (Å²) in [5, 5.41) is 7.60. The van der Waals surface area contributed by atoms with E-state index in [1.165, 1.54) is 5.94 Å². The molecule has 0 aromatic carbocycles. The number of nitrogens with two attached hydrogens (primary N) is 1. The zero-order valence-electron chi connectivity index (χ0n) is 4.26. The van der Waals surface area contributed by atoms with Crippen molar-refractivity contribution in [1.29, 1.82) is 0 Å². The lowest BCUT2D eigenvalue weighted by molar-refractivity contribution is -0.135. The predicted octanol–water partition coefficient (Wildman–Crippen LogP) is -0.966. The van der Waals surface area contributed by atoms with E-state index in [0.717, 1.165) is 0 Å². The van der Waals surface area contributed by atoms with Crippen LogP contribution in [0.5, 0.6) is 0 Å². The van der Waals surface area contributed by atoms with Crippen molar-refractivity contribution in [3.05, 3.63) is 6.58 Å². The molecule has 0 rings (SSSR count). The Labute approximate surface area is 46.6 Å². The van der Waals surface area contributed by atoms with Crippen LogP contribution in [0.1, 0.15) is 0 Å². The second-order valence-electron chi connectivity index (χ2n) is 0.742. The van der Waals surface area contributed by atoms with Gasteiger partial charge in [-0.2, -0.15) is 0 Å². The Hall–Kier alpha value is -1.12. The number of aliphatic carboxylic acids is 1. The summed E-state index contributed by atoms with van der Waals surface area (Å²) in [6, 6.07) is 0. The molecule has 0 aliphatic rings. The fraction of sp³-hybridized carbons (Fsp3) is 0.250. The number of carbonyl (C=O) groups is 1. The third-order valence-electron chi connectivity index (χ3n) is 0.175. The van der Waals surface area contributed by atoms with Crippen LogP contribution in [0.4, 0.5) is 0 Å². The van der Waals surface area contributed by atoms with E-state index in [-0.39, 0.29) is 6.54 Å². The highest BCUT2D eigenvalue weighted by Gasteiger charge is 1.81. The highest BCUT2D eigenvalue weighted by Crippen LogP contribution is 1.43. The van der Waals surface area contributed by atoms with Gasteiger partial charge in [0.25, 0.3) is 0 Å². The molecule has 4 nitrogen and oxygen atoms in total. The van der Waals surface area contributed by atoms with E-state index in [2.05, 4.69) is 12.3 Å². The summed E-state index contributed by atoms with van der Waals surface area (Å²) in [6.45, 7) is 2.40. The van der Waals surface area contributed by atoms with Crippen LogP contribution < -0.4 is 5.73 Å². The normalized spacial score (nSPS) is 5.62. The Bertz CT molecular complexity index is 93.5. The second kappa shape index (κ2) is 9.30. The average Bonchev–Trinajstić information content (AvgIpc) is 1.69. The number of carboxylic acids is 1. The molecule has 0 spiro atoms. The van der Waals surface area contributed by atoms with Crippen LogP contribution >= 0.6 is 0 Å². The Balaban J connectivity index is 0. The van der Waals surface area contributed by atoms with Gasteiger partial charge in [-0.25, -0.2) is 4.79 Å². The summed E-state index contributed by atoms with van der Waals surface area (Å²) in [4.78, 5) is 17.8. The van der Waals surface area contributed by atoms with Crippen LogP contribution in [0.25, 0.3) is 0 Å². The Morgan fingerprint density at radius 2 is 2.00 bits per heavy atom. The lowest BCUT2D eigenvalue weighted by Crippen LogP contribution is -2.10. The molecule has 0 saturated carbocycles. The van der Waals surface area contributed by atoms with Crippen LogP contribution in [-0.2, 0) is 9.59 Å². The van der Waals surface area contributed by atoms with Crippen molar-refractivity contribution in [1.82, 2.24) is 0 Å². The van der Waals surface area contributed by atoms with Gasteiger partial charge >= 0.3 is 5.97 Å². The van der Waals surface area contributed by atoms with Crippen molar-refractivity contribution in [3.63, 3.8) is 0 Å². The van der Waals surface area contributed by atoms with Gasteiger partial charge in [-0.05, 0) is 6.58 Å². The first kappa shape index (κ1) is 9.99. The third kappa shape index (κ3) is 94.9. The predicted molar refractivity (Wildman–Crippen MR) is 28.0 cm³/mol. The molecule has 0 aliphatic heterocycles. The van der Waals surface area contributed by atoms with Gasteiger partial charge in [0, 0.05) is 0 Å². The van der Waals surface area contributed by atoms with E-state index in [4.69, 9.17) is 9.90 Å². The molecule has 0 unspecified atom stereocenters. The molecular formula is C4H7NO3. The molecule has 0 radical (unpaired) electrons. The molecule has 0 aromatic heterocycles. The zero-order valence-corrected chi connectivity index (χ0v) is 4.26. The van der Waals surface area contributed by atoms with Crippen LogP contribution in [0.3, 0.4) is 0 Å². The molecule has 4 heteroatoms. The van der Waals surface area contributed by atoms with E-state index >= 15 is 0 Å². The van der Waals surface area contributed by atoms with Crippen molar-refractivity contribution in [2.45, 2.75) is 0 Å². The van der Waals surface area contributed by atoms with E-state index in [9.17, 15) is 4.79 Å². The summed E-state index contributed by atoms with van der Waals surface area (Å²) >= 11 is 0. The van der Waals surface area contributed by atoms with Crippen molar-refractivity contribution in [3.8, 4) is 0 Å². The van der Waals surface area contributed by atoms with E-state index in [0.29, 0.717) is 0 Å². The Morgan fingerprint density at radius 3 is 2.00 bits per heavy atom. The zero-order chi connectivity index (χ0) is 6.99. The first-order chi connectivity index (χ1) is 3.68. The average molecular weight is 117 g/mol. The molecule has 0 bridgehead atoms. The maximum atomic E-state index is 9.24. The topological polar surface area (TPSA) is 80.4 Å². The molecule has 0 amide bonds. The fourth-order valence-corrected chi connectivity index (χ4v) is 0. The monoisotopic (exact) mass is 117 g/mol. The number of carbonyl (C=O) groups excluding carboxylic acids is 1. The minimum atomic E-state index is -0.968. The van der Waals surface area contributed by atoms with Gasteiger partial charge in [0.05, 0.1) is 6.54 Å². The number of hydrogen-bond donors (Lipinski definition) is 2. The van der Waals surface area contributed by atoms with E-state index < -0.39 is 5.97 Å². The third-order valence-corrected chi connectivity index (χ3v) is 0.175. The quantitative estimate of drug-likeness (QED) is 0.433. The van der Waals surface area contributed by atoms with Crippen LogP contribution in [-0.4, -0.2) is 23.6 Å². The number of rotatable bonds is 1. The summed E-state index contributed by atoms with van der Waals surface area (Å²) in [5.74, 6) is 0.282. The van der Waals surface area contributed by atoms with Crippen molar-refractivity contribution >= 4 is 11.9 Å². The van der Waals surface area contributed by atoms with Gasteiger partial charge in [0.15, 0.2) is 0 Å². The lowest BCUT2D eigenvalue weighted by atomic mass is 10.7. The van der Waals surface area contributed by atoms with Gasteiger partial charge in [-0.1, -0.05) is 0 Å². The standard InChI is InChI=1S/C2H5NO2.C2H2O/c3-1-2(4)5;1-2-3/h1,3H2,(H,4,5);1H2. The van der Waals surface area contributed by atoms with E-state index in [1.807, 2.05) is 0 Å². The molecule has 0 heterocycles. The first-order valence-corrected chi connectivity index (χ1v) is 1.75. The number of hydrogen-bond acceptors (Lipinski definition) is 3. The van der Waals surface area contributed by atoms with Gasteiger partial charge in [0.1, 0.15) is 5.94 Å². The van der Waals surface area contributed by atoms with Crippen LogP contribution in [0.15, 0.2) is 6.58 Å². The molecule has 0 aliphatic carbocycles. The van der Waals surface area contributed by atoms with Gasteiger partial charge in [-0.3, -0.25) is 4.79 Å². The maximum absolute atomic E-state index is 9.24. The minimum Gasteiger partial charge on any atom is -0.480 e.